The average Bonchev–Trinajstić information content (AvgIpc) is 2.36. The number of rotatable bonds is 4. The standard InChI is InChI=1S/C13H14ClNO2/c1-3-9-5-6-10(8-15)12(11(9)7-14)13(16)17-4-2/h5-6H,3-4,7H2,1-2H3. The van der Waals surface area contributed by atoms with Gasteiger partial charge in [-0.3, -0.25) is 0 Å². The van der Waals surface area contributed by atoms with Gasteiger partial charge in [-0.1, -0.05) is 13.0 Å². The molecule has 0 heterocycles. The number of hydrogen-bond donors (Lipinski definition) is 0. The van der Waals surface area contributed by atoms with Crippen molar-refractivity contribution in [3.05, 3.63) is 34.4 Å². The van der Waals surface area contributed by atoms with E-state index in [4.69, 9.17) is 21.6 Å². The summed E-state index contributed by atoms with van der Waals surface area (Å²) in [5.41, 5.74) is 2.30. The van der Waals surface area contributed by atoms with Gasteiger partial charge in [0.25, 0.3) is 0 Å². The third-order valence-electron chi connectivity index (χ3n) is 2.52. The largest absolute Gasteiger partial charge is 0.462 e. The number of halogens is 1. The van der Waals surface area contributed by atoms with Crippen LogP contribution in [-0.4, -0.2) is 12.6 Å². The van der Waals surface area contributed by atoms with Gasteiger partial charge in [0.05, 0.1) is 17.7 Å². The maximum atomic E-state index is 11.8. The molecular formula is C13H14ClNO2. The topological polar surface area (TPSA) is 50.1 Å². The van der Waals surface area contributed by atoms with Crippen molar-refractivity contribution in [1.82, 2.24) is 0 Å². The number of nitriles is 1. The van der Waals surface area contributed by atoms with Crippen molar-refractivity contribution in [2.75, 3.05) is 6.61 Å². The zero-order valence-corrected chi connectivity index (χ0v) is 10.7. The Morgan fingerprint density at radius 1 is 1.47 bits per heavy atom. The van der Waals surface area contributed by atoms with Crippen molar-refractivity contribution in [2.45, 2.75) is 26.1 Å². The van der Waals surface area contributed by atoms with Gasteiger partial charge in [0, 0.05) is 5.88 Å². The van der Waals surface area contributed by atoms with Crippen LogP contribution in [-0.2, 0) is 17.0 Å². The highest BCUT2D eigenvalue weighted by atomic mass is 35.5. The number of aryl methyl sites for hydroxylation is 1. The molecular weight excluding hydrogens is 238 g/mol. The summed E-state index contributed by atoms with van der Waals surface area (Å²) < 4.78 is 4.96. The second-order valence-electron chi connectivity index (χ2n) is 3.45. The lowest BCUT2D eigenvalue weighted by Crippen LogP contribution is -2.12. The summed E-state index contributed by atoms with van der Waals surface area (Å²) in [6.07, 6.45) is 0.764. The van der Waals surface area contributed by atoms with Crippen molar-refractivity contribution >= 4 is 17.6 Å². The number of benzene rings is 1. The number of carbonyl (C=O) groups is 1. The molecule has 0 radical (unpaired) electrons. The quantitative estimate of drug-likeness (QED) is 0.610. The molecule has 0 aliphatic carbocycles. The van der Waals surface area contributed by atoms with Crippen molar-refractivity contribution in [1.29, 1.82) is 5.26 Å². The molecule has 1 aromatic carbocycles. The first kappa shape index (κ1) is 13.5. The first-order valence-corrected chi connectivity index (χ1v) is 6.00. The van der Waals surface area contributed by atoms with E-state index in [9.17, 15) is 4.79 Å². The summed E-state index contributed by atoms with van der Waals surface area (Å²) >= 11 is 5.87. The molecule has 0 aliphatic rings. The van der Waals surface area contributed by atoms with Crippen molar-refractivity contribution < 1.29 is 9.53 Å². The number of ether oxygens (including phenoxy) is 1. The first-order chi connectivity index (χ1) is 8.19. The summed E-state index contributed by atoms with van der Waals surface area (Å²) in [6, 6.07) is 5.47. The predicted molar refractivity (Wildman–Crippen MR) is 66.0 cm³/mol. The van der Waals surface area contributed by atoms with E-state index in [-0.39, 0.29) is 12.5 Å². The summed E-state index contributed by atoms with van der Waals surface area (Å²) in [5.74, 6) is -0.276. The molecule has 0 amide bonds. The number of hydrogen-bond acceptors (Lipinski definition) is 3. The molecule has 0 unspecified atom stereocenters. The Hall–Kier alpha value is -1.53. The Morgan fingerprint density at radius 2 is 2.18 bits per heavy atom. The molecule has 17 heavy (non-hydrogen) atoms. The van der Waals surface area contributed by atoms with Crippen LogP contribution in [0.15, 0.2) is 12.1 Å². The average molecular weight is 252 g/mol. The van der Waals surface area contributed by atoms with Gasteiger partial charge in [-0.25, -0.2) is 4.79 Å². The van der Waals surface area contributed by atoms with E-state index >= 15 is 0 Å². The summed E-state index contributed by atoms with van der Waals surface area (Å²) in [6.45, 7) is 3.99. The molecule has 0 N–H and O–H groups in total. The normalized spacial score (nSPS) is 9.76. The van der Waals surface area contributed by atoms with Gasteiger partial charge in [-0.05, 0) is 30.5 Å². The lowest BCUT2D eigenvalue weighted by molar-refractivity contribution is 0.0525. The summed E-state index contributed by atoms with van der Waals surface area (Å²) in [5, 5.41) is 9.02. The maximum absolute atomic E-state index is 11.8. The highest BCUT2D eigenvalue weighted by Crippen LogP contribution is 2.22. The lowest BCUT2D eigenvalue weighted by atomic mass is 9.96. The van der Waals surface area contributed by atoms with Gasteiger partial charge in [-0.2, -0.15) is 5.26 Å². The smallest absolute Gasteiger partial charge is 0.339 e. The second kappa shape index (κ2) is 6.27. The molecule has 1 aromatic rings. The van der Waals surface area contributed by atoms with Gasteiger partial charge in [0.2, 0.25) is 0 Å². The molecule has 0 atom stereocenters. The third-order valence-corrected chi connectivity index (χ3v) is 2.79. The second-order valence-corrected chi connectivity index (χ2v) is 3.71. The van der Waals surface area contributed by atoms with E-state index < -0.39 is 5.97 Å². The number of carbonyl (C=O) groups excluding carboxylic acids is 1. The van der Waals surface area contributed by atoms with E-state index in [2.05, 4.69) is 0 Å². The third kappa shape index (κ3) is 2.78. The highest BCUT2D eigenvalue weighted by Gasteiger charge is 2.19. The SMILES string of the molecule is CCOC(=O)c1c(C#N)ccc(CC)c1CCl. The fourth-order valence-corrected chi connectivity index (χ4v) is 2.01. The van der Waals surface area contributed by atoms with Gasteiger partial charge in [-0.15, -0.1) is 11.6 Å². The Kier molecular flexibility index (Phi) is 4.99. The van der Waals surface area contributed by atoms with Crippen LogP contribution in [0.2, 0.25) is 0 Å². The lowest BCUT2D eigenvalue weighted by Gasteiger charge is -2.12. The van der Waals surface area contributed by atoms with Crippen molar-refractivity contribution in [3.8, 4) is 6.07 Å². The Bertz CT molecular complexity index is 463. The minimum Gasteiger partial charge on any atom is -0.462 e. The van der Waals surface area contributed by atoms with E-state index in [0.29, 0.717) is 16.7 Å². The van der Waals surface area contributed by atoms with Crippen LogP contribution in [0.1, 0.15) is 40.9 Å². The molecule has 1 rings (SSSR count). The van der Waals surface area contributed by atoms with Crippen LogP contribution in [0.25, 0.3) is 0 Å². The fraction of sp³-hybridized carbons (Fsp3) is 0.385. The van der Waals surface area contributed by atoms with Crippen LogP contribution >= 0.6 is 11.6 Å². The minimum atomic E-state index is -0.477. The Labute approximate surface area is 106 Å². The van der Waals surface area contributed by atoms with Crippen LogP contribution in [0, 0.1) is 11.3 Å². The van der Waals surface area contributed by atoms with E-state index in [0.717, 1.165) is 12.0 Å². The van der Waals surface area contributed by atoms with Gasteiger partial charge in [0.15, 0.2) is 0 Å². The predicted octanol–water partition coefficient (Wildman–Crippen LogP) is 3.04. The van der Waals surface area contributed by atoms with Crippen LogP contribution in [0.4, 0.5) is 0 Å². The molecule has 0 bridgehead atoms. The molecule has 0 aliphatic heterocycles. The Balaban J connectivity index is 3.41. The zero-order chi connectivity index (χ0) is 12.8. The maximum Gasteiger partial charge on any atom is 0.339 e. The van der Waals surface area contributed by atoms with Crippen LogP contribution in [0.5, 0.6) is 0 Å². The van der Waals surface area contributed by atoms with E-state index in [1.54, 1.807) is 13.0 Å². The minimum absolute atomic E-state index is 0.201. The number of alkyl halides is 1. The molecule has 0 fully saturated rings. The summed E-state index contributed by atoms with van der Waals surface area (Å²) in [7, 11) is 0. The first-order valence-electron chi connectivity index (χ1n) is 5.47. The Morgan fingerprint density at radius 3 is 2.65 bits per heavy atom. The molecule has 0 aromatic heterocycles. The number of nitrogens with zero attached hydrogens (tertiary/aromatic N) is 1. The molecule has 4 heteroatoms. The van der Waals surface area contributed by atoms with Gasteiger partial charge >= 0.3 is 5.97 Å². The molecule has 0 saturated carbocycles. The van der Waals surface area contributed by atoms with Crippen molar-refractivity contribution in [2.24, 2.45) is 0 Å². The molecule has 3 nitrogen and oxygen atoms in total. The monoisotopic (exact) mass is 251 g/mol. The van der Waals surface area contributed by atoms with E-state index in [1.807, 2.05) is 19.1 Å². The highest BCUT2D eigenvalue weighted by molar-refractivity contribution is 6.18. The molecule has 0 spiro atoms. The van der Waals surface area contributed by atoms with Crippen LogP contribution < -0.4 is 0 Å². The molecule has 90 valence electrons. The van der Waals surface area contributed by atoms with Crippen LogP contribution in [0.3, 0.4) is 0 Å². The van der Waals surface area contributed by atoms with Gasteiger partial charge in [0.1, 0.15) is 6.07 Å². The van der Waals surface area contributed by atoms with E-state index in [1.165, 1.54) is 0 Å². The summed E-state index contributed by atoms with van der Waals surface area (Å²) in [4.78, 5) is 11.8. The van der Waals surface area contributed by atoms with Gasteiger partial charge < -0.3 is 4.74 Å². The fourth-order valence-electron chi connectivity index (χ4n) is 1.70. The molecule has 0 saturated heterocycles. The number of esters is 1. The van der Waals surface area contributed by atoms with Crippen molar-refractivity contribution in [3.63, 3.8) is 0 Å². The zero-order valence-electron chi connectivity index (χ0n) is 9.92.